The molecule has 3 aromatic carbocycles. The standard InChI is InChI=1S/C28H24Cl2N4O4/c1-17-25(27(35)38-14-18-6-4-3-5-7-18)26(34-28(33-17)31-16-32-34)19-9-11-23(24(12-19)36-2)37-15-20-8-10-21(29)13-22(20)30/h3-13,16,26H,14-15H2,1-2H3,(H,31,32,33). The van der Waals surface area contributed by atoms with Crippen LogP contribution in [0.3, 0.4) is 0 Å². The van der Waals surface area contributed by atoms with E-state index in [1.54, 1.807) is 30.0 Å². The summed E-state index contributed by atoms with van der Waals surface area (Å²) in [6.07, 6.45) is 1.44. The Hall–Kier alpha value is -4.01. The number of allylic oxidation sites excluding steroid dienone is 1. The molecule has 0 spiro atoms. The van der Waals surface area contributed by atoms with E-state index < -0.39 is 12.0 Å². The smallest absolute Gasteiger partial charge is 0.338 e. The first-order valence-corrected chi connectivity index (χ1v) is 12.5. The lowest BCUT2D eigenvalue weighted by Crippen LogP contribution is -2.29. The van der Waals surface area contributed by atoms with Crippen molar-refractivity contribution in [3.8, 4) is 11.5 Å². The van der Waals surface area contributed by atoms with Crippen LogP contribution in [0.5, 0.6) is 11.5 Å². The van der Waals surface area contributed by atoms with Crippen molar-refractivity contribution >= 4 is 35.1 Å². The number of ether oxygens (including phenoxy) is 3. The topological polar surface area (TPSA) is 87.5 Å². The van der Waals surface area contributed by atoms with Gasteiger partial charge in [-0.1, -0.05) is 65.7 Å². The van der Waals surface area contributed by atoms with E-state index in [1.807, 2.05) is 55.5 Å². The summed E-state index contributed by atoms with van der Waals surface area (Å²) in [6.45, 7) is 2.19. The number of carbonyl (C=O) groups excluding carboxylic acids is 1. The highest BCUT2D eigenvalue weighted by molar-refractivity contribution is 6.35. The maximum Gasteiger partial charge on any atom is 0.338 e. The normalized spacial score (nSPS) is 14.5. The number of hydrogen-bond acceptors (Lipinski definition) is 7. The molecular formula is C28H24Cl2N4O4. The Morgan fingerprint density at radius 1 is 1.03 bits per heavy atom. The van der Waals surface area contributed by atoms with Gasteiger partial charge in [-0.15, -0.1) is 0 Å². The van der Waals surface area contributed by atoms with E-state index in [0.29, 0.717) is 38.8 Å². The van der Waals surface area contributed by atoms with Crippen molar-refractivity contribution in [3.63, 3.8) is 0 Å². The van der Waals surface area contributed by atoms with E-state index in [-0.39, 0.29) is 13.2 Å². The number of hydrogen-bond donors (Lipinski definition) is 1. The highest BCUT2D eigenvalue weighted by atomic mass is 35.5. The fourth-order valence-electron chi connectivity index (χ4n) is 4.23. The van der Waals surface area contributed by atoms with E-state index in [4.69, 9.17) is 37.4 Å². The van der Waals surface area contributed by atoms with Gasteiger partial charge in [-0.05, 0) is 42.3 Å². The molecule has 0 radical (unpaired) electrons. The van der Waals surface area contributed by atoms with E-state index in [0.717, 1.165) is 16.7 Å². The van der Waals surface area contributed by atoms with Crippen LogP contribution in [-0.4, -0.2) is 27.8 Å². The van der Waals surface area contributed by atoms with Crippen LogP contribution < -0.4 is 14.8 Å². The summed E-state index contributed by atoms with van der Waals surface area (Å²) in [5, 5.41) is 8.59. The Morgan fingerprint density at radius 3 is 2.61 bits per heavy atom. The number of methoxy groups -OCH3 is 1. The van der Waals surface area contributed by atoms with Crippen LogP contribution in [0.15, 0.2) is 84.3 Å². The maximum atomic E-state index is 13.4. The SMILES string of the molecule is COc1cc(C2C(C(=O)OCc3ccccc3)=C(C)Nc3ncnn32)ccc1OCc1ccc(Cl)cc1Cl. The van der Waals surface area contributed by atoms with Gasteiger partial charge in [-0.3, -0.25) is 0 Å². The van der Waals surface area contributed by atoms with Crippen LogP contribution in [0.4, 0.5) is 5.95 Å². The van der Waals surface area contributed by atoms with Gasteiger partial charge in [-0.25, -0.2) is 9.48 Å². The van der Waals surface area contributed by atoms with Gasteiger partial charge in [0, 0.05) is 21.3 Å². The Bertz CT molecular complexity index is 1500. The third-order valence-electron chi connectivity index (χ3n) is 6.13. The van der Waals surface area contributed by atoms with Gasteiger partial charge < -0.3 is 19.5 Å². The minimum atomic E-state index is -0.592. The number of fused-ring (bicyclic) bond motifs is 1. The lowest BCUT2D eigenvalue weighted by atomic mass is 9.95. The second kappa shape index (κ2) is 11.2. The van der Waals surface area contributed by atoms with E-state index in [2.05, 4.69) is 15.4 Å². The fraction of sp³-hybridized carbons (Fsp3) is 0.179. The first-order valence-electron chi connectivity index (χ1n) is 11.8. The van der Waals surface area contributed by atoms with Crippen molar-refractivity contribution in [2.75, 3.05) is 12.4 Å². The van der Waals surface area contributed by atoms with Crippen LogP contribution in [0.25, 0.3) is 0 Å². The lowest BCUT2D eigenvalue weighted by Gasteiger charge is -2.28. The van der Waals surface area contributed by atoms with Gasteiger partial charge in [0.1, 0.15) is 25.6 Å². The van der Waals surface area contributed by atoms with Crippen LogP contribution in [-0.2, 0) is 22.7 Å². The molecule has 0 aliphatic carbocycles. The summed E-state index contributed by atoms with van der Waals surface area (Å²) in [5.41, 5.74) is 3.48. The Labute approximate surface area is 229 Å². The predicted octanol–water partition coefficient (Wildman–Crippen LogP) is 6.20. The molecule has 38 heavy (non-hydrogen) atoms. The van der Waals surface area contributed by atoms with Gasteiger partial charge in [-0.2, -0.15) is 10.1 Å². The number of nitrogens with zero attached hydrogens (tertiary/aromatic N) is 3. The number of rotatable bonds is 8. The first kappa shape index (κ1) is 25.6. The summed E-state index contributed by atoms with van der Waals surface area (Å²) in [5.74, 6) is 1.07. The molecule has 8 nitrogen and oxygen atoms in total. The summed E-state index contributed by atoms with van der Waals surface area (Å²) in [4.78, 5) is 17.7. The fourth-order valence-corrected chi connectivity index (χ4v) is 4.70. The van der Waals surface area contributed by atoms with Crippen molar-refractivity contribution in [2.24, 2.45) is 0 Å². The monoisotopic (exact) mass is 550 g/mol. The molecule has 0 saturated heterocycles. The lowest BCUT2D eigenvalue weighted by molar-refractivity contribution is -0.140. The van der Waals surface area contributed by atoms with Gasteiger partial charge in [0.2, 0.25) is 5.95 Å². The largest absolute Gasteiger partial charge is 0.493 e. The van der Waals surface area contributed by atoms with Crippen molar-refractivity contribution in [1.29, 1.82) is 0 Å². The average Bonchev–Trinajstić information content (AvgIpc) is 3.39. The van der Waals surface area contributed by atoms with Gasteiger partial charge in [0.05, 0.1) is 12.7 Å². The molecule has 1 N–H and O–H groups in total. The third-order valence-corrected chi connectivity index (χ3v) is 6.72. The van der Waals surface area contributed by atoms with Crippen molar-refractivity contribution in [1.82, 2.24) is 14.8 Å². The molecule has 0 fully saturated rings. The molecule has 1 unspecified atom stereocenters. The molecule has 1 aliphatic rings. The quantitative estimate of drug-likeness (QED) is 0.261. The molecule has 10 heteroatoms. The molecule has 0 saturated carbocycles. The van der Waals surface area contributed by atoms with Gasteiger partial charge in [0.25, 0.3) is 0 Å². The Morgan fingerprint density at radius 2 is 1.84 bits per heavy atom. The van der Waals surface area contributed by atoms with Crippen molar-refractivity contribution in [3.05, 3.63) is 111 Å². The zero-order valence-electron chi connectivity index (χ0n) is 20.7. The van der Waals surface area contributed by atoms with Crippen molar-refractivity contribution < 1.29 is 19.0 Å². The molecule has 2 heterocycles. The van der Waals surface area contributed by atoms with E-state index >= 15 is 0 Å². The number of anilines is 1. The molecule has 1 aliphatic heterocycles. The number of carbonyl (C=O) groups is 1. The minimum Gasteiger partial charge on any atom is -0.493 e. The molecule has 5 rings (SSSR count). The molecule has 1 aromatic heterocycles. The highest BCUT2D eigenvalue weighted by Gasteiger charge is 2.35. The van der Waals surface area contributed by atoms with E-state index in [1.165, 1.54) is 6.33 Å². The summed E-state index contributed by atoms with van der Waals surface area (Å²) < 4.78 is 19.0. The predicted molar refractivity (Wildman–Crippen MR) is 145 cm³/mol. The highest BCUT2D eigenvalue weighted by Crippen LogP contribution is 2.39. The molecule has 0 bridgehead atoms. The summed E-state index contributed by atoms with van der Waals surface area (Å²) in [6, 6.07) is 19.6. The number of halogens is 2. The van der Waals surface area contributed by atoms with Crippen molar-refractivity contribution in [2.45, 2.75) is 26.2 Å². The molecular weight excluding hydrogens is 527 g/mol. The molecule has 0 amide bonds. The van der Waals surface area contributed by atoms with Gasteiger partial charge in [0.15, 0.2) is 11.5 Å². The number of benzene rings is 3. The second-order valence-corrected chi connectivity index (χ2v) is 9.43. The Kier molecular flexibility index (Phi) is 7.53. The maximum absolute atomic E-state index is 13.4. The Balaban J connectivity index is 1.43. The molecule has 4 aromatic rings. The zero-order valence-corrected chi connectivity index (χ0v) is 22.2. The zero-order chi connectivity index (χ0) is 26.6. The molecule has 194 valence electrons. The van der Waals surface area contributed by atoms with E-state index in [9.17, 15) is 4.79 Å². The molecule has 1 atom stereocenters. The number of esters is 1. The minimum absolute atomic E-state index is 0.150. The van der Waals surface area contributed by atoms with Crippen LogP contribution >= 0.6 is 23.2 Å². The summed E-state index contributed by atoms with van der Waals surface area (Å²) in [7, 11) is 1.56. The first-order chi connectivity index (χ1) is 18.4. The van der Waals surface area contributed by atoms with Crippen LogP contribution in [0.1, 0.15) is 29.7 Å². The van der Waals surface area contributed by atoms with Crippen LogP contribution in [0.2, 0.25) is 10.0 Å². The third kappa shape index (κ3) is 5.32. The average molecular weight is 551 g/mol. The van der Waals surface area contributed by atoms with Gasteiger partial charge >= 0.3 is 5.97 Å². The second-order valence-electron chi connectivity index (χ2n) is 8.59. The number of aromatic nitrogens is 3. The number of nitrogens with one attached hydrogen (secondary N) is 1. The van der Waals surface area contributed by atoms with Crippen LogP contribution in [0, 0.1) is 0 Å². The summed E-state index contributed by atoms with van der Waals surface area (Å²) >= 11 is 12.3.